The maximum Gasteiger partial charge on any atom is 0.149 e. The van der Waals surface area contributed by atoms with Crippen molar-refractivity contribution in [2.45, 2.75) is 105 Å². The van der Waals surface area contributed by atoms with Gasteiger partial charge in [0.2, 0.25) is 0 Å². The van der Waals surface area contributed by atoms with E-state index in [2.05, 4.69) is 55.4 Å². The molecule has 6 aliphatic carbocycles. The number of rotatable bonds is 4. The van der Waals surface area contributed by atoms with Gasteiger partial charge in [0.05, 0.1) is 0 Å². The highest BCUT2D eigenvalue weighted by Crippen LogP contribution is 2.70. The molecule has 6 saturated carbocycles. The second-order valence-corrected chi connectivity index (χ2v) is 12.2. The molecule has 1 heteroatoms. The van der Waals surface area contributed by atoms with Gasteiger partial charge in [-0.3, -0.25) is 0 Å². The van der Waals surface area contributed by atoms with Crippen LogP contribution >= 0.6 is 0 Å². The number of fused-ring (bicyclic) bond motifs is 4. The van der Waals surface area contributed by atoms with E-state index in [0.29, 0.717) is 10.8 Å². The van der Waals surface area contributed by atoms with E-state index in [1.54, 1.807) is 12.8 Å². The topological polar surface area (TPSA) is 0 Å². The average molecular weight is 342 g/mol. The summed E-state index contributed by atoms with van der Waals surface area (Å²) in [5.74, 6) is 8.92. The molecule has 142 valence electrons. The zero-order valence-electron chi connectivity index (χ0n) is 18.3. The van der Waals surface area contributed by atoms with Crippen LogP contribution in [0.2, 0.25) is 17.5 Å². The van der Waals surface area contributed by atoms with Crippen molar-refractivity contribution in [3.05, 3.63) is 0 Å². The van der Waals surface area contributed by atoms with Gasteiger partial charge >= 0.3 is 0 Å². The largest absolute Gasteiger partial charge is 0.149 e. The minimum absolute atomic E-state index is 0.637. The molecule has 6 rings (SSSR count). The Morgan fingerprint density at radius 3 is 1.48 bits per heavy atom. The van der Waals surface area contributed by atoms with E-state index in [1.165, 1.54) is 19.3 Å². The van der Waals surface area contributed by atoms with Crippen molar-refractivity contribution in [1.82, 2.24) is 0 Å². The van der Waals surface area contributed by atoms with Gasteiger partial charge in [0, 0.05) is 0 Å². The predicted molar refractivity (Wildman–Crippen MR) is 111 cm³/mol. The van der Waals surface area contributed by atoms with E-state index in [0.717, 1.165) is 59.7 Å². The van der Waals surface area contributed by atoms with Crippen molar-refractivity contribution in [3.8, 4) is 0 Å². The van der Waals surface area contributed by atoms with Crippen LogP contribution in [0.15, 0.2) is 0 Å². The molecule has 0 aromatic carbocycles. The van der Waals surface area contributed by atoms with Crippen molar-refractivity contribution in [2.75, 3.05) is 0 Å². The highest BCUT2D eigenvalue weighted by atomic mass is 14.6. The summed E-state index contributed by atoms with van der Waals surface area (Å²) in [5, 5.41) is 0. The lowest BCUT2D eigenvalue weighted by Crippen LogP contribution is -2.60. The van der Waals surface area contributed by atoms with Gasteiger partial charge in [0.1, 0.15) is 6.71 Å². The summed E-state index contributed by atoms with van der Waals surface area (Å²) in [6.07, 6.45) is 7.55. The second-order valence-electron chi connectivity index (χ2n) is 12.2. The zero-order valence-corrected chi connectivity index (χ0v) is 18.3. The molecule has 9 atom stereocenters. The maximum atomic E-state index is 2.64. The van der Waals surface area contributed by atoms with E-state index < -0.39 is 0 Å². The summed E-state index contributed by atoms with van der Waals surface area (Å²) in [6, 6.07) is 0. The average Bonchev–Trinajstić information content (AvgIpc) is 2.56. The van der Waals surface area contributed by atoms with E-state index in [4.69, 9.17) is 0 Å². The molecule has 25 heavy (non-hydrogen) atoms. The third kappa shape index (κ3) is 2.39. The first-order valence-electron chi connectivity index (χ1n) is 11.6. The summed E-state index contributed by atoms with van der Waals surface area (Å²) >= 11 is 0. The minimum atomic E-state index is 0.637. The van der Waals surface area contributed by atoms with Crippen molar-refractivity contribution in [2.24, 2.45) is 46.3 Å². The standard InChI is InChI=1S/C24H43B/c1-9-14(2)25(21-12-17-10-19(15(21)3)23(17,5)6)22-13-18-11-20(16(22)4)24(18,7)8/h14-22H,9-13H2,1-8H3/t14-,15-,16-,17+,18+,19-,20-,21-,22-/m1/s1. The molecule has 0 aliphatic heterocycles. The van der Waals surface area contributed by atoms with Crippen LogP contribution in [0.25, 0.3) is 0 Å². The molecule has 0 unspecified atom stereocenters. The van der Waals surface area contributed by atoms with Crippen LogP contribution in [0.1, 0.15) is 87.5 Å². The summed E-state index contributed by atoms with van der Waals surface area (Å²) in [6.45, 7) is 21.6. The van der Waals surface area contributed by atoms with Crippen molar-refractivity contribution in [1.29, 1.82) is 0 Å². The van der Waals surface area contributed by atoms with Gasteiger partial charge in [-0.1, -0.05) is 92.1 Å². The number of hydrogen-bond donors (Lipinski definition) is 0. The third-order valence-corrected chi connectivity index (χ3v) is 11.1. The monoisotopic (exact) mass is 342 g/mol. The highest BCUT2D eigenvalue weighted by Gasteiger charge is 2.62. The summed E-state index contributed by atoms with van der Waals surface area (Å²) in [5.41, 5.74) is 1.27. The molecule has 6 fully saturated rings. The molecule has 0 aromatic rings. The zero-order chi connectivity index (χ0) is 18.3. The smallest absolute Gasteiger partial charge is 0.0691 e. The van der Waals surface area contributed by atoms with Crippen LogP contribution in [0.3, 0.4) is 0 Å². The number of hydrogen-bond acceptors (Lipinski definition) is 0. The van der Waals surface area contributed by atoms with Gasteiger partial charge in [-0.25, -0.2) is 0 Å². The van der Waals surface area contributed by atoms with Gasteiger partial charge in [-0.05, 0) is 59.2 Å². The van der Waals surface area contributed by atoms with Gasteiger partial charge in [0.15, 0.2) is 0 Å². The molecule has 0 radical (unpaired) electrons. The molecule has 0 spiro atoms. The lowest BCUT2D eigenvalue weighted by Gasteiger charge is -2.67. The fourth-order valence-corrected chi connectivity index (χ4v) is 8.83. The van der Waals surface area contributed by atoms with Crippen molar-refractivity contribution >= 4 is 6.71 Å². The fourth-order valence-electron chi connectivity index (χ4n) is 8.83. The SMILES string of the molecule is CC[C@@H](C)B([C@@H]1C[C@@H]2C[C@H]([C@H]1C)C2(C)C)[C@@H]1C[C@@H]2C[C@H]([C@H]1C)C2(C)C. The van der Waals surface area contributed by atoms with E-state index >= 15 is 0 Å². The lowest BCUT2D eigenvalue weighted by atomic mass is 9.18. The Bertz CT molecular complexity index is 478. The van der Waals surface area contributed by atoms with Crippen LogP contribution < -0.4 is 0 Å². The van der Waals surface area contributed by atoms with Crippen molar-refractivity contribution < 1.29 is 0 Å². The minimum Gasteiger partial charge on any atom is -0.0691 e. The maximum absolute atomic E-state index is 2.64. The van der Waals surface area contributed by atoms with Gasteiger partial charge in [-0.2, -0.15) is 0 Å². The molecular weight excluding hydrogens is 299 g/mol. The first kappa shape index (κ1) is 18.4. The van der Waals surface area contributed by atoms with E-state index in [1.807, 2.05) is 0 Å². The summed E-state index contributed by atoms with van der Waals surface area (Å²) < 4.78 is 0. The molecule has 4 bridgehead atoms. The van der Waals surface area contributed by atoms with Gasteiger partial charge in [0.25, 0.3) is 0 Å². The van der Waals surface area contributed by atoms with Crippen LogP contribution in [0.5, 0.6) is 0 Å². The Kier molecular flexibility index (Phi) is 4.26. The normalized spacial score (nSPS) is 50.4. The molecule has 0 saturated heterocycles. The third-order valence-electron chi connectivity index (χ3n) is 11.1. The lowest BCUT2D eigenvalue weighted by molar-refractivity contribution is -0.108. The quantitative estimate of drug-likeness (QED) is 0.466. The summed E-state index contributed by atoms with van der Waals surface area (Å²) in [4.78, 5) is 0. The van der Waals surface area contributed by atoms with Crippen molar-refractivity contribution in [3.63, 3.8) is 0 Å². The van der Waals surface area contributed by atoms with Gasteiger partial charge < -0.3 is 0 Å². The Hall–Kier alpha value is 0.0649. The molecule has 6 aliphatic rings. The van der Waals surface area contributed by atoms with Crippen LogP contribution in [0, 0.1) is 46.3 Å². The van der Waals surface area contributed by atoms with E-state index in [9.17, 15) is 0 Å². The molecular formula is C24H43B. The molecule has 0 N–H and O–H groups in total. The summed E-state index contributed by atoms with van der Waals surface area (Å²) in [7, 11) is 0. The van der Waals surface area contributed by atoms with Crippen LogP contribution in [-0.4, -0.2) is 6.71 Å². The first-order chi connectivity index (χ1) is 11.6. The van der Waals surface area contributed by atoms with Crippen LogP contribution in [0.4, 0.5) is 0 Å². The molecule has 0 nitrogen and oxygen atoms in total. The molecule has 0 aromatic heterocycles. The predicted octanol–water partition coefficient (Wildman–Crippen LogP) is 7.43. The van der Waals surface area contributed by atoms with Crippen LogP contribution in [-0.2, 0) is 0 Å². The Morgan fingerprint density at radius 1 is 0.800 bits per heavy atom. The molecule has 0 amide bonds. The first-order valence-corrected chi connectivity index (χ1v) is 11.6. The van der Waals surface area contributed by atoms with Gasteiger partial charge in [-0.15, -0.1) is 0 Å². The second kappa shape index (κ2) is 5.78. The molecule has 0 heterocycles. The Morgan fingerprint density at radius 2 is 1.20 bits per heavy atom. The Labute approximate surface area is 158 Å². The van der Waals surface area contributed by atoms with E-state index in [-0.39, 0.29) is 0 Å². The highest BCUT2D eigenvalue weighted by molar-refractivity contribution is 6.63. The fraction of sp³-hybridized carbons (Fsp3) is 1.00. The Balaban J connectivity index is 1.58.